The van der Waals surface area contributed by atoms with E-state index in [4.69, 9.17) is 0 Å². The van der Waals surface area contributed by atoms with E-state index < -0.39 is 5.60 Å². The van der Waals surface area contributed by atoms with Crippen LogP contribution >= 0.6 is 0 Å². The van der Waals surface area contributed by atoms with Crippen LogP contribution in [0.4, 0.5) is 16.2 Å². The predicted octanol–water partition coefficient (Wildman–Crippen LogP) is 3.30. The van der Waals surface area contributed by atoms with Gasteiger partial charge in [-0.15, -0.1) is 0 Å². The van der Waals surface area contributed by atoms with E-state index in [2.05, 4.69) is 17.3 Å². The Balaban J connectivity index is 2.09. The first-order valence-electron chi connectivity index (χ1n) is 8.34. The van der Waals surface area contributed by atoms with Gasteiger partial charge in [-0.1, -0.05) is 25.0 Å². The molecule has 5 nitrogen and oxygen atoms in total. The normalized spacial score (nSPS) is 15.5. The van der Waals surface area contributed by atoms with Gasteiger partial charge in [0.05, 0.1) is 23.5 Å². The van der Waals surface area contributed by atoms with Gasteiger partial charge in [0.1, 0.15) is 0 Å². The van der Waals surface area contributed by atoms with Crippen LogP contribution in [-0.4, -0.2) is 48.3 Å². The summed E-state index contributed by atoms with van der Waals surface area (Å²) in [5.41, 5.74) is 0.950. The number of carbonyl (C=O) groups is 1. The molecule has 0 spiro atoms. The monoisotopic (exact) mass is 319 g/mol. The molecule has 0 atom stereocenters. The van der Waals surface area contributed by atoms with Crippen LogP contribution in [0.25, 0.3) is 0 Å². The molecule has 2 amide bonds. The van der Waals surface area contributed by atoms with Gasteiger partial charge in [-0.05, 0) is 38.8 Å². The SMILES string of the molecule is CN(CC(C)(C)O)C(=O)Nc1ccccc1N(C)C1CCCC1. The Morgan fingerprint density at radius 1 is 1.26 bits per heavy atom. The van der Waals surface area contributed by atoms with Crippen molar-refractivity contribution in [2.24, 2.45) is 0 Å². The molecular formula is C18H29N3O2. The maximum atomic E-state index is 12.4. The lowest BCUT2D eigenvalue weighted by molar-refractivity contribution is 0.0550. The van der Waals surface area contributed by atoms with Gasteiger partial charge in [0, 0.05) is 20.1 Å². The Kier molecular flexibility index (Phi) is 5.52. The summed E-state index contributed by atoms with van der Waals surface area (Å²) in [6, 6.07) is 8.23. The number of hydrogen-bond acceptors (Lipinski definition) is 3. The Labute approximate surface area is 139 Å². The molecular weight excluding hydrogens is 290 g/mol. The molecule has 5 heteroatoms. The van der Waals surface area contributed by atoms with Crippen molar-refractivity contribution in [3.05, 3.63) is 24.3 Å². The average Bonchev–Trinajstić information content (AvgIpc) is 2.99. The van der Waals surface area contributed by atoms with Crippen molar-refractivity contribution >= 4 is 17.4 Å². The molecule has 0 saturated heterocycles. The third kappa shape index (κ3) is 4.86. The number of benzene rings is 1. The van der Waals surface area contributed by atoms with E-state index in [-0.39, 0.29) is 12.6 Å². The minimum absolute atomic E-state index is 0.209. The smallest absolute Gasteiger partial charge is 0.321 e. The lowest BCUT2D eigenvalue weighted by Gasteiger charge is -2.30. The minimum atomic E-state index is -0.910. The number of amides is 2. The first kappa shape index (κ1) is 17.6. The Morgan fingerprint density at radius 3 is 2.48 bits per heavy atom. The summed E-state index contributed by atoms with van der Waals surface area (Å²) >= 11 is 0. The molecule has 2 rings (SSSR count). The van der Waals surface area contributed by atoms with Gasteiger partial charge in [0.25, 0.3) is 0 Å². The summed E-state index contributed by atoms with van der Waals surface area (Å²) in [7, 11) is 3.79. The highest BCUT2D eigenvalue weighted by atomic mass is 16.3. The van der Waals surface area contributed by atoms with Crippen LogP contribution in [0, 0.1) is 0 Å². The summed E-state index contributed by atoms with van der Waals surface area (Å²) in [6.07, 6.45) is 4.96. The number of rotatable bonds is 5. The van der Waals surface area contributed by atoms with Gasteiger partial charge in [0.15, 0.2) is 0 Å². The molecule has 1 aliphatic rings. The quantitative estimate of drug-likeness (QED) is 0.875. The highest BCUT2D eigenvalue weighted by Crippen LogP contribution is 2.31. The van der Waals surface area contributed by atoms with Crippen LogP contribution in [0.5, 0.6) is 0 Å². The van der Waals surface area contributed by atoms with Crippen LogP contribution < -0.4 is 10.2 Å². The fourth-order valence-corrected chi connectivity index (χ4v) is 3.24. The van der Waals surface area contributed by atoms with E-state index in [0.29, 0.717) is 6.04 Å². The summed E-state index contributed by atoms with van der Waals surface area (Å²) in [4.78, 5) is 16.2. The number of nitrogens with one attached hydrogen (secondary N) is 1. The van der Waals surface area contributed by atoms with Crippen LogP contribution in [0.15, 0.2) is 24.3 Å². The van der Waals surface area contributed by atoms with Crippen molar-refractivity contribution in [1.29, 1.82) is 0 Å². The minimum Gasteiger partial charge on any atom is -0.389 e. The molecule has 1 aromatic carbocycles. The van der Waals surface area contributed by atoms with E-state index in [1.807, 2.05) is 24.3 Å². The molecule has 23 heavy (non-hydrogen) atoms. The van der Waals surface area contributed by atoms with E-state index in [1.54, 1.807) is 20.9 Å². The summed E-state index contributed by atoms with van der Waals surface area (Å²) in [6.45, 7) is 3.66. The number of carbonyl (C=O) groups excluding carboxylic acids is 1. The second kappa shape index (κ2) is 7.21. The molecule has 1 aromatic rings. The van der Waals surface area contributed by atoms with Crippen molar-refractivity contribution in [3.8, 4) is 0 Å². The molecule has 0 aliphatic heterocycles. The topological polar surface area (TPSA) is 55.8 Å². The zero-order valence-electron chi connectivity index (χ0n) is 14.7. The lowest BCUT2D eigenvalue weighted by Crippen LogP contribution is -2.42. The van der Waals surface area contributed by atoms with Crippen LogP contribution in [0.3, 0.4) is 0 Å². The molecule has 0 unspecified atom stereocenters. The van der Waals surface area contributed by atoms with Gasteiger partial charge < -0.3 is 20.2 Å². The molecule has 1 aliphatic carbocycles. The highest BCUT2D eigenvalue weighted by Gasteiger charge is 2.23. The average molecular weight is 319 g/mol. The number of aliphatic hydroxyl groups is 1. The Morgan fingerprint density at radius 2 is 1.87 bits per heavy atom. The van der Waals surface area contributed by atoms with Crippen molar-refractivity contribution in [1.82, 2.24) is 4.90 Å². The number of urea groups is 1. The van der Waals surface area contributed by atoms with Gasteiger partial charge in [-0.3, -0.25) is 0 Å². The second-order valence-electron chi connectivity index (χ2n) is 7.16. The zero-order chi connectivity index (χ0) is 17.0. The van der Waals surface area contributed by atoms with Crippen molar-refractivity contribution in [2.45, 2.75) is 51.2 Å². The van der Waals surface area contributed by atoms with Gasteiger partial charge in [-0.25, -0.2) is 4.79 Å². The largest absolute Gasteiger partial charge is 0.389 e. The summed E-state index contributed by atoms with van der Waals surface area (Å²) < 4.78 is 0. The predicted molar refractivity (Wildman–Crippen MR) is 95.0 cm³/mol. The van der Waals surface area contributed by atoms with E-state index in [0.717, 1.165) is 11.4 Å². The molecule has 1 saturated carbocycles. The van der Waals surface area contributed by atoms with Crippen LogP contribution in [0.1, 0.15) is 39.5 Å². The van der Waals surface area contributed by atoms with E-state index >= 15 is 0 Å². The van der Waals surface area contributed by atoms with Gasteiger partial charge >= 0.3 is 6.03 Å². The maximum absolute atomic E-state index is 12.4. The van der Waals surface area contributed by atoms with Crippen LogP contribution in [0.2, 0.25) is 0 Å². The molecule has 0 heterocycles. The number of likely N-dealkylation sites (N-methyl/N-ethyl adjacent to an activating group) is 1. The number of anilines is 2. The summed E-state index contributed by atoms with van der Waals surface area (Å²) in [5.74, 6) is 0. The second-order valence-corrected chi connectivity index (χ2v) is 7.16. The lowest BCUT2D eigenvalue weighted by atomic mass is 10.1. The van der Waals surface area contributed by atoms with Crippen molar-refractivity contribution in [2.75, 3.05) is 30.9 Å². The molecule has 0 aromatic heterocycles. The highest BCUT2D eigenvalue weighted by molar-refractivity contribution is 5.93. The van der Waals surface area contributed by atoms with Crippen molar-refractivity contribution in [3.63, 3.8) is 0 Å². The first-order valence-corrected chi connectivity index (χ1v) is 8.34. The molecule has 0 bridgehead atoms. The van der Waals surface area contributed by atoms with E-state index in [1.165, 1.54) is 30.6 Å². The van der Waals surface area contributed by atoms with Gasteiger partial charge in [-0.2, -0.15) is 0 Å². The van der Waals surface area contributed by atoms with Gasteiger partial charge in [0.2, 0.25) is 0 Å². The Bertz CT molecular complexity index is 533. The molecule has 2 N–H and O–H groups in total. The zero-order valence-corrected chi connectivity index (χ0v) is 14.7. The Hall–Kier alpha value is -1.75. The first-order chi connectivity index (χ1) is 10.8. The fraction of sp³-hybridized carbons (Fsp3) is 0.611. The molecule has 128 valence electrons. The van der Waals surface area contributed by atoms with E-state index in [9.17, 15) is 9.90 Å². The number of hydrogen-bond donors (Lipinski definition) is 2. The fourth-order valence-electron chi connectivity index (χ4n) is 3.24. The number of nitrogens with zero attached hydrogens (tertiary/aromatic N) is 2. The number of para-hydroxylation sites is 2. The van der Waals surface area contributed by atoms with Crippen LogP contribution in [-0.2, 0) is 0 Å². The summed E-state index contributed by atoms with van der Waals surface area (Å²) in [5, 5.41) is 12.8. The third-order valence-electron chi connectivity index (χ3n) is 4.37. The maximum Gasteiger partial charge on any atom is 0.321 e. The molecule has 1 fully saturated rings. The third-order valence-corrected chi connectivity index (χ3v) is 4.37. The standard InChI is InChI=1S/C18H29N3O2/c1-18(2,23)13-20(3)17(22)19-15-11-7-8-12-16(15)21(4)14-9-5-6-10-14/h7-8,11-12,14,23H,5-6,9-10,13H2,1-4H3,(H,19,22). The van der Waals surface area contributed by atoms with Crippen molar-refractivity contribution < 1.29 is 9.90 Å². The molecule has 0 radical (unpaired) electrons.